The Labute approximate surface area is 69.7 Å². The van der Waals surface area contributed by atoms with Gasteiger partial charge in [-0.05, 0) is 13.8 Å². The Hall–Kier alpha value is 0.0600. The van der Waals surface area contributed by atoms with E-state index in [-0.39, 0.29) is 5.75 Å². The van der Waals surface area contributed by atoms with Crippen LogP contribution in [-0.4, -0.2) is 29.4 Å². The van der Waals surface area contributed by atoms with Crippen molar-refractivity contribution in [1.82, 2.24) is 0 Å². The van der Waals surface area contributed by atoms with Crippen molar-refractivity contribution in [3.63, 3.8) is 0 Å². The van der Waals surface area contributed by atoms with Crippen LogP contribution in [0.2, 0.25) is 0 Å². The van der Waals surface area contributed by atoms with Crippen LogP contribution in [0.4, 0.5) is 0 Å². The summed E-state index contributed by atoms with van der Waals surface area (Å²) in [5, 5.41) is 4.98. The van der Waals surface area contributed by atoms with Gasteiger partial charge in [0.2, 0.25) is 0 Å². The van der Waals surface area contributed by atoms with Gasteiger partial charge in [-0.15, -0.1) is 0 Å². The molecule has 0 amide bonds. The molecule has 11 heavy (non-hydrogen) atoms. The number of hydrogen-bond donors (Lipinski definition) is 1. The summed E-state index contributed by atoms with van der Waals surface area (Å²) in [6, 6.07) is 0. The van der Waals surface area contributed by atoms with Gasteiger partial charge in [0.1, 0.15) is 0 Å². The lowest BCUT2D eigenvalue weighted by molar-refractivity contribution is 0.566. The fraction of sp³-hybridized carbons (Fsp3) is 1.00. The Bertz CT molecular complexity index is 255. The average Bonchev–Trinajstić information content (AvgIpc) is 1.56. The van der Waals surface area contributed by atoms with Crippen LogP contribution in [0.1, 0.15) is 13.8 Å². The van der Waals surface area contributed by atoms with E-state index < -0.39 is 25.6 Å². The van der Waals surface area contributed by atoms with Gasteiger partial charge in [0.15, 0.2) is 9.84 Å². The summed E-state index contributed by atoms with van der Waals surface area (Å²) in [5.41, 5.74) is 0. The Balaban J connectivity index is 4.62. The van der Waals surface area contributed by atoms with Crippen molar-refractivity contribution in [3.05, 3.63) is 0 Å². The summed E-state index contributed by atoms with van der Waals surface area (Å²) in [4.78, 5) is 0. The van der Waals surface area contributed by atoms with Crippen LogP contribution < -0.4 is 5.14 Å². The minimum atomic E-state index is -3.17. The summed E-state index contributed by atoms with van der Waals surface area (Å²) >= 11 is 0. The lowest BCUT2D eigenvalue weighted by Crippen LogP contribution is -2.38. The van der Waals surface area contributed by atoms with Gasteiger partial charge in [-0.2, -0.15) is 0 Å². The van der Waals surface area contributed by atoms with E-state index in [1.54, 1.807) is 0 Å². The van der Waals surface area contributed by atoms with Gasteiger partial charge >= 0.3 is 0 Å². The van der Waals surface area contributed by atoms with E-state index in [9.17, 15) is 12.6 Å². The quantitative estimate of drug-likeness (QED) is 0.661. The van der Waals surface area contributed by atoms with E-state index in [0.717, 1.165) is 6.26 Å². The van der Waals surface area contributed by atoms with Crippen LogP contribution in [0.3, 0.4) is 0 Å². The molecule has 0 spiro atoms. The third-order valence-electron chi connectivity index (χ3n) is 1.49. The topological polar surface area (TPSA) is 77.2 Å². The lowest BCUT2D eigenvalue weighted by atomic mass is 10.2. The van der Waals surface area contributed by atoms with Gasteiger partial charge in [-0.1, -0.05) is 0 Å². The molecule has 1 unspecified atom stereocenters. The van der Waals surface area contributed by atoms with Crippen molar-refractivity contribution in [2.45, 2.75) is 18.6 Å². The number of hydrogen-bond acceptors (Lipinski definition) is 3. The Morgan fingerprint density at radius 1 is 1.45 bits per heavy atom. The van der Waals surface area contributed by atoms with E-state index in [0.29, 0.717) is 0 Å². The minimum Gasteiger partial charge on any atom is -0.252 e. The van der Waals surface area contributed by atoms with Crippen LogP contribution >= 0.6 is 0 Å². The van der Waals surface area contributed by atoms with Crippen LogP contribution in [0.5, 0.6) is 0 Å². The molecule has 0 aromatic heterocycles. The van der Waals surface area contributed by atoms with E-state index >= 15 is 0 Å². The molecule has 1 atom stereocenters. The molecule has 68 valence electrons. The number of rotatable bonds is 3. The van der Waals surface area contributed by atoms with Crippen LogP contribution in [-0.2, 0) is 20.8 Å². The number of sulfone groups is 1. The first kappa shape index (κ1) is 11.1. The molecular weight excluding hydrogens is 186 g/mol. The molecule has 0 fully saturated rings. The maximum absolute atomic E-state index is 11.0. The van der Waals surface area contributed by atoms with E-state index in [1.807, 2.05) is 0 Å². The second-order valence-electron chi connectivity index (χ2n) is 3.06. The molecule has 0 radical (unpaired) electrons. The monoisotopic (exact) mass is 199 g/mol. The normalized spacial score (nSPS) is 16.4. The summed E-state index contributed by atoms with van der Waals surface area (Å²) < 4.78 is 31.5. The van der Waals surface area contributed by atoms with Crippen molar-refractivity contribution in [2.24, 2.45) is 5.14 Å². The summed E-state index contributed by atoms with van der Waals surface area (Å²) in [5.74, 6) is -0.0220. The Morgan fingerprint density at radius 2 is 1.82 bits per heavy atom. The zero-order valence-corrected chi connectivity index (χ0v) is 8.46. The molecule has 0 aliphatic heterocycles. The largest absolute Gasteiger partial charge is 0.252 e. The first-order chi connectivity index (χ1) is 4.67. The molecule has 0 aromatic rings. The molecule has 0 saturated carbocycles. The van der Waals surface area contributed by atoms with Crippen LogP contribution in [0.15, 0.2) is 0 Å². The highest BCUT2D eigenvalue weighted by atomic mass is 32.2. The first-order valence-electron chi connectivity index (χ1n) is 2.99. The third-order valence-corrected chi connectivity index (χ3v) is 4.83. The smallest absolute Gasteiger partial charge is 0.153 e. The minimum absolute atomic E-state index is 0.0220. The van der Waals surface area contributed by atoms with E-state index in [4.69, 9.17) is 5.14 Å². The zero-order valence-electron chi connectivity index (χ0n) is 6.83. The van der Waals surface area contributed by atoms with E-state index in [1.165, 1.54) is 13.8 Å². The van der Waals surface area contributed by atoms with Crippen LogP contribution in [0, 0.1) is 0 Å². The second kappa shape index (κ2) is 3.20. The number of nitrogens with two attached hydrogens (primary N) is 1. The van der Waals surface area contributed by atoms with Gasteiger partial charge in [-0.25, -0.2) is 12.6 Å². The van der Waals surface area contributed by atoms with Gasteiger partial charge in [0.25, 0.3) is 0 Å². The van der Waals surface area contributed by atoms with Gasteiger partial charge in [0.05, 0.1) is 21.5 Å². The second-order valence-corrected chi connectivity index (χ2v) is 6.76. The van der Waals surface area contributed by atoms with Gasteiger partial charge in [-0.3, -0.25) is 5.14 Å². The van der Waals surface area contributed by atoms with Crippen molar-refractivity contribution < 1.29 is 12.6 Å². The molecule has 0 rings (SSSR count). The average molecular weight is 199 g/mol. The highest BCUT2D eigenvalue weighted by Gasteiger charge is 2.31. The molecule has 0 aliphatic rings. The Kier molecular flexibility index (Phi) is 3.22. The molecule has 6 heteroatoms. The van der Waals surface area contributed by atoms with Crippen LogP contribution in [0.25, 0.3) is 0 Å². The molecule has 0 bridgehead atoms. The van der Waals surface area contributed by atoms with Crippen molar-refractivity contribution >= 4 is 20.8 Å². The predicted octanol–water partition coefficient (Wildman–Crippen LogP) is -0.568. The SMILES string of the molecule is CC(C)(CS(N)=O)S(C)(=O)=O. The molecule has 2 N–H and O–H groups in total. The molecule has 4 nitrogen and oxygen atoms in total. The third kappa shape index (κ3) is 3.31. The van der Waals surface area contributed by atoms with Crippen molar-refractivity contribution in [3.8, 4) is 0 Å². The standard InChI is InChI=1S/C5H13NO3S2/c1-5(2,4-10(6)7)11(3,8)9/h4,6H2,1-3H3. The highest BCUT2D eigenvalue weighted by Crippen LogP contribution is 2.14. The van der Waals surface area contributed by atoms with E-state index in [2.05, 4.69) is 0 Å². The van der Waals surface area contributed by atoms with Crippen molar-refractivity contribution in [1.29, 1.82) is 0 Å². The highest BCUT2D eigenvalue weighted by molar-refractivity contribution is 7.93. The summed E-state index contributed by atoms with van der Waals surface area (Å²) in [7, 11) is -4.73. The lowest BCUT2D eigenvalue weighted by Gasteiger charge is -2.19. The summed E-state index contributed by atoms with van der Waals surface area (Å²) in [6.07, 6.45) is 1.11. The molecule has 0 saturated heterocycles. The van der Waals surface area contributed by atoms with Crippen molar-refractivity contribution in [2.75, 3.05) is 12.0 Å². The molecular formula is C5H13NO3S2. The first-order valence-corrected chi connectivity index (χ1v) is 6.26. The zero-order chi connectivity index (χ0) is 9.28. The fourth-order valence-corrected chi connectivity index (χ4v) is 2.34. The molecule has 0 heterocycles. The maximum atomic E-state index is 11.0. The van der Waals surface area contributed by atoms with Gasteiger partial charge in [0, 0.05) is 6.26 Å². The summed E-state index contributed by atoms with van der Waals surface area (Å²) in [6.45, 7) is 3.01. The molecule has 0 aromatic carbocycles. The van der Waals surface area contributed by atoms with Gasteiger partial charge < -0.3 is 0 Å². The Morgan fingerprint density at radius 3 is 1.91 bits per heavy atom. The molecule has 0 aliphatic carbocycles. The maximum Gasteiger partial charge on any atom is 0.153 e. The fourth-order valence-electron chi connectivity index (χ4n) is 0.450. The predicted molar refractivity (Wildman–Crippen MR) is 46.1 cm³/mol.